The molecule has 2 N–H and O–H groups in total. The Morgan fingerprint density at radius 1 is 1.06 bits per heavy atom. The number of nitrogens with zero attached hydrogens (tertiary/aromatic N) is 1. The number of hydrazone groups is 1. The molecule has 0 saturated heterocycles. The van der Waals surface area contributed by atoms with Gasteiger partial charge in [0.15, 0.2) is 0 Å². The molecule has 0 aliphatic carbocycles. The van der Waals surface area contributed by atoms with Crippen molar-refractivity contribution in [2.24, 2.45) is 5.10 Å². The summed E-state index contributed by atoms with van der Waals surface area (Å²) in [5, 5.41) is 14.2. The highest BCUT2D eigenvalue weighted by atomic mass is 35.5. The molecule has 2 aromatic rings. The minimum Gasteiger partial charge on any atom is -0.508 e. The monoisotopic (exact) mass is 260 g/mol. The lowest BCUT2D eigenvalue weighted by atomic mass is 10.1. The van der Waals surface area contributed by atoms with Gasteiger partial charge in [0.1, 0.15) is 5.75 Å². The van der Waals surface area contributed by atoms with Crippen LogP contribution in [0.3, 0.4) is 0 Å². The molecule has 0 atom stereocenters. The number of hydrogen-bond acceptors (Lipinski definition) is 3. The number of halogens is 1. The Morgan fingerprint density at radius 2 is 1.67 bits per heavy atom. The Bertz CT molecular complexity index is 547. The van der Waals surface area contributed by atoms with Crippen molar-refractivity contribution in [3.8, 4) is 5.75 Å². The van der Waals surface area contributed by atoms with E-state index in [4.69, 9.17) is 11.6 Å². The number of benzene rings is 2. The van der Waals surface area contributed by atoms with Crippen LogP contribution in [0.2, 0.25) is 5.02 Å². The van der Waals surface area contributed by atoms with E-state index in [1.165, 1.54) is 0 Å². The summed E-state index contributed by atoms with van der Waals surface area (Å²) in [4.78, 5) is 0. The third kappa shape index (κ3) is 3.25. The first-order chi connectivity index (χ1) is 8.65. The first-order valence-corrected chi connectivity index (χ1v) is 5.88. The first-order valence-electron chi connectivity index (χ1n) is 5.50. The van der Waals surface area contributed by atoms with Crippen molar-refractivity contribution in [1.29, 1.82) is 0 Å². The van der Waals surface area contributed by atoms with Crippen LogP contribution in [0.15, 0.2) is 53.6 Å². The Kier molecular flexibility index (Phi) is 3.85. The molecule has 2 aromatic carbocycles. The summed E-state index contributed by atoms with van der Waals surface area (Å²) in [6.45, 7) is 1.90. The SMILES string of the molecule is C/C(=N\Nc1ccc(Cl)cc1)c1ccc(O)cc1. The van der Waals surface area contributed by atoms with Crippen LogP contribution in [0.4, 0.5) is 5.69 Å². The molecule has 0 aliphatic rings. The summed E-state index contributed by atoms with van der Waals surface area (Å²) in [6.07, 6.45) is 0. The number of hydrogen-bond donors (Lipinski definition) is 2. The molecular formula is C14H13ClN2O. The molecular weight excluding hydrogens is 248 g/mol. The molecule has 92 valence electrons. The Morgan fingerprint density at radius 3 is 2.28 bits per heavy atom. The molecule has 0 fully saturated rings. The molecule has 0 aromatic heterocycles. The van der Waals surface area contributed by atoms with Gasteiger partial charge in [0.2, 0.25) is 0 Å². The normalized spacial score (nSPS) is 11.3. The minimum atomic E-state index is 0.247. The van der Waals surface area contributed by atoms with Gasteiger partial charge in [0.25, 0.3) is 0 Å². The van der Waals surface area contributed by atoms with Crippen LogP contribution in [-0.2, 0) is 0 Å². The van der Waals surface area contributed by atoms with Crippen LogP contribution in [-0.4, -0.2) is 10.8 Å². The standard InChI is InChI=1S/C14H13ClN2O/c1-10(11-2-8-14(18)9-3-11)16-17-13-6-4-12(15)5-7-13/h2-9,17-18H,1H3/b16-10+. The zero-order chi connectivity index (χ0) is 13.0. The van der Waals surface area contributed by atoms with Gasteiger partial charge in [-0.3, -0.25) is 5.43 Å². The van der Waals surface area contributed by atoms with Crippen molar-refractivity contribution in [3.63, 3.8) is 0 Å². The molecule has 2 rings (SSSR count). The lowest BCUT2D eigenvalue weighted by Gasteiger charge is -2.04. The van der Waals surface area contributed by atoms with Crippen LogP contribution in [0.5, 0.6) is 5.75 Å². The van der Waals surface area contributed by atoms with E-state index in [0.717, 1.165) is 17.0 Å². The summed E-state index contributed by atoms with van der Waals surface area (Å²) in [5.41, 5.74) is 5.62. The Labute approximate surface area is 111 Å². The van der Waals surface area contributed by atoms with Gasteiger partial charge < -0.3 is 5.11 Å². The summed E-state index contributed by atoms with van der Waals surface area (Å²) in [7, 11) is 0. The number of anilines is 1. The van der Waals surface area contributed by atoms with Gasteiger partial charge in [-0.05, 0) is 61.0 Å². The van der Waals surface area contributed by atoms with Gasteiger partial charge in [0.05, 0.1) is 11.4 Å². The van der Waals surface area contributed by atoms with E-state index in [0.29, 0.717) is 5.02 Å². The lowest BCUT2D eigenvalue weighted by Crippen LogP contribution is -1.99. The van der Waals surface area contributed by atoms with Crippen molar-refractivity contribution in [2.75, 3.05) is 5.43 Å². The average Bonchev–Trinajstić information content (AvgIpc) is 2.38. The van der Waals surface area contributed by atoms with Crippen molar-refractivity contribution < 1.29 is 5.11 Å². The van der Waals surface area contributed by atoms with Crippen molar-refractivity contribution in [3.05, 3.63) is 59.1 Å². The molecule has 0 bridgehead atoms. The van der Waals surface area contributed by atoms with Gasteiger partial charge >= 0.3 is 0 Å². The lowest BCUT2D eigenvalue weighted by molar-refractivity contribution is 0.475. The quantitative estimate of drug-likeness (QED) is 0.650. The fraction of sp³-hybridized carbons (Fsp3) is 0.0714. The smallest absolute Gasteiger partial charge is 0.115 e. The van der Waals surface area contributed by atoms with Crippen LogP contribution >= 0.6 is 11.6 Å². The largest absolute Gasteiger partial charge is 0.508 e. The van der Waals surface area contributed by atoms with Crippen LogP contribution in [0, 0.1) is 0 Å². The van der Waals surface area contributed by atoms with E-state index in [-0.39, 0.29) is 5.75 Å². The molecule has 0 spiro atoms. The molecule has 0 unspecified atom stereocenters. The van der Waals surface area contributed by atoms with Crippen molar-refractivity contribution in [1.82, 2.24) is 0 Å². The zero-order valence-corrected chi connectivity index (χ0v) is 10.6. The second-order valence-corrected chi connectivity index (χ2v) is 4.30. The third-order valence-electron chi connectivity index (χ3n) is 2.48. The number of nitrogens with one attached hydrogen (secondary N) is 1. The van der Waals surface area contributed by atoms with E-state index < -0.39 is 0 Å². The van der Waals surface area contributed by atoms with Gasteiger partial charge in [0, 0.05) is 5.02 Å². The fourth-order valence-electron chi connectivity index (χ4n) is 1.44. The highest BCUT2D eigenvalue weighted by molar-refractivity contribution is 6.30. The predicted molar refractivity (Wildman–Crippen MR) is 75.4 cm³/mol. The van der Waals surface area contributed by atoms with E-state index in [2.05, 4.69) is 10.5 Å². The van der Waals surface area contributed by atoms with Crippen LogP contribution in [0.25, 0.3) is 0 Å². The van der Waals surface area contributed by atoms with Crippen molar-refractivity contribution >= 4 is 23.0 Å². The summed E-state index contributed by atoms with van der Waals surface area (Å²) >= 11 is 5.80. The average molecular weight is 261 g/mol. The molecule has 18 heavy (non-hydrogen) atoms. The van der Waals surface area contributed by atoms with Crippen molar-refractivity contribution in [2.45, 2.75) is 6.92 Å². The minimum absolute atomic E-state index is 0.247. The summed E-state index contributed by atoms with van der Waals surface area (Å²) < 4.78 is 0. The van der Waals surface area contributed by atoms with Gasteiger partial charge in [-0.2, -0.15) is 5.10 Å². The zero-order valence-electron chi connectivity index (χ0n) is 9.89. The number of rotatable bonds is 3. The Hall–Kier alpha value is -2.00. The topological polar surface area (TPSA) is 44.6 Å². The van der Waals surface area contributed by atoms with E-state index in [1.54, 1.807) is 24.3 Å². The molecule has 0 heterocycles. The molecule has 0 radical (unpaired) electrons. The van der Waals surface area contributed by atoms with Gasteiger partial charge in [-0.15, -0.1) is 0 Å². The molecule has 0 amide bonds. The molecule has 0 aliphatic heterocycles. The molecule has 3 nitrogen and oxygen atoms in total. The third-order valence-corrected chi connectivity index (χ3v) is 2.73. The second-order valence-electron chi connectivity index (χ2n) is 3.86. The first kappa shape index (κ1) is 12.5. The number of aromatic hydroxyl groups is 1. The maximum absolute atomic E-state index is 9.20. The number of phenols is 1. The second kappa shape index (κ2) is 5.56. The van der Waals surface area contributed by atoms with Crippen LogP contribution < -0.4 is 5.43 Å². The highest BCUT2D eigenvalue weighted by Gasteiger charge is 1.97. The highest BCUT2D eigenvalue weighted by Crippen LogP contribution is 2.14. The van der Waals surface area contributed by atoms with E-state index in [9.17, 15) is 5.11 Å². The fourth-order valence-corrected chi connectivity index (χ4v) is 1.57. The van der Waals surface area contributed by atoms with Gasteiger partial charge in [-0.25, -0.2) is 0 Å². The molecule has 4 heteroatoms. The Balaban J connectivity index is 2.09. The molecule has 0 saturated carbocycles. The van der Waals surface area contributed by atoms with Crippen LogP contribution in [0.1, 0.15) is 12.5 Å². The maximum Gasteiger partial charge on any atom is 0.115 e. The van der Waals surface area contributed by atoms with E-state index in [1.807, 2.05) is 31.2 Å². The summed E-state index contributed by atoms with van der Waals surface area (Å²) in [6, 6.07) is 14.2. The van der Waals surface area contributed by atoms with E-state index >= 15 is 0 Å². The van der Waals surface area contributed by atoms with Gasteiger partial charge in [-0.1, -0.05) is 11.6 Å². The maximum atomic E-state index is 9.20. The number of phenolic OH excluding ortho intramolecular Hbond substituents is 1. The summed E-state index contributed by atoms with van der Waals surface area (Å²) in [5.74, 6) is 0.247. The predicted octanol–water partition coefficient (Wildman–Crippen LogP) is 3.88.